The summed E-state index contributed by atoms with van der Waals surface area (Å²) in [6, 6.07) is 24.2. The minimum absolute atomic E-state index is 0.169. The summed E-state index contributed by atoms with van der Waals surface area (Å²) in [7, 11) is 9.71. The van der Waals surface area contributed by atoms with Crippen LogP contribution in [0.1, 0.15) is 46.9 Å². The van der Waals surface area contributed by atoms with E-state index in [2.05, 4.69) is 34.1 Å². The van der Waals surface area contributed by atoms with Crippen molar-refractivity contribution in [3.63, 3.8) is 0 Å². The van der Waals surface area contributed by atoms with Gasteiger partial charge in [0.25, 0.3) is 0 Å². The molecule has 2 heterocycles. The molecule has 0 N–H and O–H groups in total. The zero-order chi connectivity index (χ0) is 35.2. The fourth-order valence-electron chi connectivity index (χ4n) is 7.26. The first-order valence-corrected chi connectivity index (χ1v) is 16.9. The number of carbonyl (C=O) groups excluding carboxylic acids is 1. The Kier molecular flexibility index (Phi) is 10.9. The smallest absolute Gasteiger partial charge is 0.312 e. The van der Waals surface area contributed by atoms with Crippen molar-refractivity contribution in [2.75, 3.05) is 80.3 Å². The van der Waals surface area contributed by atoms with Crippen LogP contribution < -0.4 is 38.1 Å². The van der Waals surface area contributed by atoms with E-state index < -0.39 is 0 Å². The van der Waals surface area contributed by atoms with Gasteiger partial charge in [0.1, 0.15) is 23.0 Å². The number of esters is 1. The van der Waals surface area contributed by atoms with Gasteiger partial charge in [-0.3, -0.25) is 9.69 Å². The zero-order valence-electron chi connectivity index (χ0n) is 29.7. The molecule has 0 unspecified atom stereocenters. The van der Waals surface area contributed by atoms with Gasteiger partial charge in [-0.2, -0.15) is 0 Å². The predicted molar refractivity (Wildman–Crippen MR) is 192 cm³/mol. The number of para-hydroxylation sites is 1. The molecule has 10 heteroatoms. The topological polar surface area (TPSA) is 88.2 Å². The van der Waals surface area contributed by atoms with Crippen LogP contribution in [-0.4, -0.2) is 86.3 Å². The second kappa shape index (κ2) is 15.6. The Morgan fingerprint density at radius 3 is 1.94 bits per heavy atom. The average Bonchev–Trinajstić information content (AvgIpc) is 3.17. The maximum atomic E-state index is 13.5. The molecule has 0 amide bonds. The molecular formula is C40H46N2O8. The van der Waals surface area contributed by atoms with Crippen molar-refractivity contribution in [3.8, 4) is 40.2 Å². The molecule has 2 atom stereocenters. The molecule has 0 saturated carbocycles. The molecule has 0 aliphatic carbocycles. The quantitative estimate of drug-likeness (QED) is 0.115. The number of nitrogens with zero attached hydrogens (tertiary/aromatic N) is 2. The lowest BCUT2D eigenvalue weighted by Crippen LogP contribution is -2.46. The molecule has 264 valence electrons. The summed E-state index contributed by atoms with van der Waals surface area (Å²) in [5, 5.41) is 0. The van der Waals surface area contributed by atoms with Gasteiger partial charge in [0.15, 0.2) is 11.5 Å². The van der Waals surface area contributed by atoms with Crippen LogP contribution in [0.4, 0.5) is 5.69 Å². The molecule has 1 saturated heterocycles. The highest BCUT2D eigenvalue weighted by Crippen LogP contribution is 2.54. The third-order valence-corrected chi connectivity index (χ3v) is 9.84. The van der Waals surface area contributed by atoms with Crippen LogP contribution in [0.2, 0.25) is 0 Å². The first kappa shape index (κ1) is 34.8. The van der Waals surface area contributed by atoms with Crippen molar-refractivity contribution < 1.29 is 38.0 Å². The van der Waals surface area contributed by atoms with Crippen molar-refractivity contribution in [1.82, 2.24) is 4.90 Å². The number of ether oxygens (including phenoxy) is 7. The molecule has 4 aromatic carbocycles. The molecule has 10 nitrogen and oxygen atoms in total. The van der Waals surface area contributed by atoms with Crippen LogP contribution in [0.5, 0.6) is 40.2 Å². The Bertz CT molecular complexity index is 1750. The van der Waals surface area contributed by atoms with Gasteiger partial charge in [-0.05, 0) is 60.5 Å². The number of rotatable bonds is 13. The summed E-state index contributed by atoms with van der Waals surface area (Å²) in [6.07, 6.45) is 0.867. The van der Waals surface area contributed by atoms with Gasteiger partial charge in [-0.1, -0.05) is 30.3 Å². The number of hydrogen-bond donors (Lipinski definition) is 0. The summed E-state index contributed by atoms with van der Waals surface area (Å²) in [5.74, 6) is 3.03. The summed E-state index contributed by atoms with van der Waals surface area (Å²) < 4.78 is 41.0. The van der Waals surface area contributed by atoms with Crippen LogP contribution >= 0.6 is 0 Å². The van der Waals surface area contributed by atoms with Crippen molar-refractivity contribution in [2.45, 2.75) is 24.7 Å². The van der Waals surface area contributed by atoms with Gasteiger partial charge < -0.3 is 38.1 Å². The molecule has 6 rings (SSSR count). The first-order chi connectivity index (χ1) is 24.4. The van der Waals surface area contributed by atoms with Gasteiger partial charge in [-0.25, -0.2) is 0 Å². The number of benzene rings is 4. The standard InChI is InChI=1S/C40H46N2O8/c1-44-29-14-12-26(13-15-29)31-24-36(43)50-40-37(32(45-2)25-33(46-3)38(31)40)30(27-22-34(47-4)39(49-6)35(23-27)48-5)16-17-41-18-20-42(21-19-41)28-10-8-7-9-11-28/h7-15,22-23,25,30-31H,16-21,24H2,1-6H3/t30-,31-/m1/s1. The second-order valence-corrected chi connectivity index (χ2v) is 12.4. The third-order valence-electron chi connectivity index (χ3n) is 9.84. The molecule has 0 aromatic heterocycles. The van der Waals surface area contributed by atoms with Crippen molar-refractivity contribution in [1.29, 1.82) is 0 Å². The average molecular weight is 683 g/mol. The molecule has 0 radical (unpaired) electrons. The highest BCUT2D eigenvalue weighted by molar-refractivity contribution is 5.81. The van der Waals surface area contributed by atoms with E-state index in [0.29, 0.717) is 40.9 Å². The highest BCUT2D eigenvalue weighted by Gasteiger charge is 2.38. The van der Waals surface area contributed by atoms with E-state index in [1.165, 1.54) is 5.69 Å². The third kappa shape index (κ3) is 6.98. The van der Waals surface area contributed by atoms with E-state index in [9.17, 15) is 4.79 Å². The lowest BCUT2D eigenvalue weighted by Gasteiger charge is -2.37. The fraction of sp³-hybridized carbons (Fsp3) is 0.375. The van der Waals surface area contributed by atoms with Gasteiger partial charge >= 0.3 is 5.97 Å². The van der Waals surface area contributed by atoms with Crippen molar-refractivity contribution in [3.05, 3.63) is 95.1 Å². The molecule has 2 aliphatic rings. The molecule has 0 spiro atoms. The van der Waals surface area contributed by atoms with Crippen molar-refractivity contribution in [2.24, 2.45) is 0 Å². The van der Waals surface area contributed by atoms with E-state index >= 15 is 0 Å². The minimum atomic E-state index is -0.324. The van der Waals surface area contributed by atoms with E-state index in [1.807, 2.05) is 48.5 Å². The Labute approximate surface area is 294 Å². The Morgan fingerprint density at radius 1 is 0.720 bits per heavy atom. The zero-order valence-corrected chi connectivity index (χ0v) is 29.7. The van der Waals surface area contributed by atoms with Gasteiger partial charge in [0, 0.05) is 60.9 Å². The van der Waals surface area contributed by atoms with Crippen LogP contribution in [0, 0.1) is 0 Å². The maximum absolute atomic E-state index is 13.5. The Hall–Kier alpha value is -5.09. The molecule has 4 aromatic rings. The summed E-state index contributed by atoms with van der Waals surface area (Å²) >= 11 is 0. The van der Waals surface area contributed by atoms with Crippen molar-refractivity contribution >= 4 is 11.7 Å². The molecule has 50 heavy (non-hydrogen) atoms. The molecular weight excluding hydrogens is 636 g/mol. The van der Waals surface area contributed by atoms with Crippen LogP contribution in [0.25, 0.3) is 0 Å². The largest absolute Gasteiger partial charge is 0.497 e. The highest BCUT2D eigenvalue weighted by atomic mass is 16.5. The number of fused-ring (bicyclic) bond motifs is 1. The van der Waals surface area contributed by atoms with Crippen LogP contribution in [-0.2, 0) is 4.79 Å². The molecule has 1 fully saturated rings. The minimum Gasteiger partial charge on any atom is -0.497 e. The Morgan fingerprint density at radius 2 is 1.36 bits per heavy atom. The van der Waals surface area contributed by atoms with Crippen LogP contribution in [0.15, 0.2) is 72.8 Å². The molecule has 0 bridgehead atoms. The number of methoxy groups -OCH3 is 6. The summed E-state index contributed by atoms with van der Waals surface area (Å²) in [6.45, 7) is 4.50. The van der Waals surface area contributed by atoms with E-state index in [1.54, 1.807) is 42.7 Å². The summed E-state index contributed by atoms with van der Waals surface area (Å²) in [4.78, 5) is 18.4. The molecule has 2 aliphatic heterocycles. The lowest BCUT2D eigenvalue weighted by atomic mass is 9.80. The monoisotopic (exact) mass is 682 g/mol. The fourth-order valence-corrected chi connectivity index (χ4v) is 7.26. The van der Waals surface area contributed by atoms with Crippen LogP contribution in [0.3, 0.4) is 0 Å². The van der Waals surface area contributed by atoms with E-state index in [4.69, 9.17) is 33.2 Å². The number of hydrogen-bond acceptors (Lipinski definition) is 10. The second-order valence-electron chi connectivity index (χ2n) is 12.4. The van der Waals surface area contributed by atoms with Gasteiger partial charge in [0.2, 0.25) is 5.75 Å². The maximum Gasteiger partial charge on any atom is 0.312 e. The van der Waals surface area contributed by atoms with E-state index in [0.717, 1.165) is 60.7 Å². The first-order valence-electron chi connectivity index (χ1n) is 16.9. The van der Waals surface area contributed by atoms with E-state index in [-0.39, 0.29) is 24.2 Å². The Balaban J connectivity index is 1.45. The predicted octanol–water partition coefficient (Wildman–Crippen LogP) is 6.52. The van der Waals surface area contributed by atoms with Gasteiger partial charge in [-0.15, -0.1) is 0 Å². The number of piperazine rings is 1. The number of anilines is 1. The number of carbonyl (C=O) groups is 1. The normalized spacial score (nSPS) is 16.6. The SMILES string of the molecule is COc1ccc([C@H]2CC(=O)Oc3c([C@H](CCN4CCN(c5ccccc5)CC4)c4cc(OC)c(OC)c(OC)c4)c(OC)cc(OC)c32)cc1. The summed E-state index contributed by atoms with van der Waals surface area (Å²) in [5.41, 5.74) is 4.69. The van der Waals surface area contributed by atoms with Gasteiger partial charge in [0.05, 0.1) is 49.1 Å². The lowest BCUT2D eigenvalue weighted by molar-refractivity contribution is -0.135.